The maximum Gasteiger partial charge on any atom is 0.311 e. The van der Waals surface area contributed by atoms with Gasteiger partial charge < -0.3 is 19.7 Å². The molecule has 6 heteroatoms. The summed E-state index contributed by atoms with van der Waals surface area (Å²) in [4.78, 5) is 24.0. The molecule has 28 heavy (non-hydrogen) atoms. The van der Waals surface area contributed by atoms with Crippen molar-refractivity contribution in [1.82, 2.24) is 0 Å². The fourth-order valence-electron chi connectivity index (χ4n) is 3.57. The molecule has 0 unspecified atom stereocenters. The minimum atomic E-state index is -0.983. The molecule has 6 nitrogen and oxygen atoms in total. The lowest BCUT2D eigenvalue weighted by Crippen LogP contribution is -2.31. The van der Waals surface area contributed by atoms with Crippen molar-refractivity contribution in [1.29, 1.82) is 0 Å². The molecule has 0 aliphatic rings. The van der Waals surface area contributed by atoms with Gasteiger partial charge in [-0.3, -0.25) is 9.59 Å². The highest BCUT2D eigenvalue weighted by Gasteiger charge is 2.37. The van der Waals surface area contributed by atoms with Crippen molar-refractivity contribution in [3.63, 3.8) is 0 Å². The number of aliphatic carboxylic acids is 2. The highest BCUT2D eigenvalue weighted by molar-refractivity contribution is 5.78. The number of benzene rings is 2. The van der Waals surface area contributed by atoms with E-state index < -0.39 is 35.6 Å². The lowest BCUT2D eigenvalue weighted by molar-refractivity contribution is -0.144. The minimum Gasteiger partial charge on any atom is -0.497 e. The summed E-state index contributed by atoms with van der Waals surface area (Å²) in [5.74, 6) is -3.21. The molecule has 0 saturated carbocycles. The lowest BCUT2D eigenvalue weighted by Gasteiger charge is -2.31. The topological polar surface area (TPSA) is 93.1 Å². The Bertz CT molecular complexity index is 727. The summed E-state index contributed by atoms with van der Waals surface area (Å²) < 4.78 is 10.3. The molecule has 0 bridgehead atoms. The third kappa shape index (κ3) is 4.63. The first kappa shape index (κ1) is 21.3. The van der Waals surface area contributed by atoms with Crippen molar-refractivity contribution in [3.05, 3.63) is 59.7 Å². The summed E-state index contributed by atoms with van der Waals surface area (Å²) in [6.07, 6.45) is 0. The first-order valence-corrected chi connectivity index (χ1v) is 9.03. The van der Waals surface area contributed by atoms with E-state index in [0.717, 1.165) is 0 Å². The summed E-state index contributed by atoms with van der Waals surface area (Å²) in [6, 6.07) is 13.7. The highest BCUT2D eigenvalue weighted by atomic mass is 16.5. The average molecular weight is 386 g/mol. The zero-order valence-electron chi connectivity index (χ0n) is 16.5. The molecule has 0 saturated heterocycles. The second-order valence-corrected chi connectivity index (χ2v) is 6.90. The molecule has 0 heterocycles. The van der Waals surface area contributed by atoms with Crippen molar-refractivity contribution in [3.8, 4) is 11.5 Å². The van der Waals surface area contributed by atoms with Gasteiger partial charge in [0.25, 0.3) is 0 Å². The van der Waals surface area contributed by atoms with Crippen LogP contribution in [0.25, 0.3) is 0 Å². The first-order chi connectivity index (χ1) is 13.3. The van der Waals surface area contributed by atoms with Crippen LogP contribution in [0.2, 0.25) is 0 Å². The van der Waals surface area contributed by atoms with Gasteiger partial charge >= 0.3 is 11.9 Å². The molecule has 0 aromatic heterocycles. The molecule has 0 aliphatic carbocycles. The molecule has 2 rings (SSSR count). The maximum absolute atomic E-state index is 12.0. The number of carboxylic acids is 2. The second-order valence-electron chi connectivity index (χ2n) is 6.90. The Kier molecular flexibility index (Phi) is 7.04. The molecule has 0 spiro atoms. The average Bonchev–Trinajstić information content (AvgIpc) is 2.68. The van der Waals surface area contributed by atoms with Crippen LogP contribution in [0, 0.1) is 11.8 Å². The van der Waals surface area contributed by atoms with Gasteiger partial charge in [0.1, 0.15) is 11.5 Å². The number of carboxylic acid groups (broad SMARTS) is 2. The minimum absolute atomic E-state index is 0.422. The molecule has 4 atom stereocenters. The Morgan fingerprint density at radius 2 is 0.964 bits per heavy atom. The summed E-state index contributed by atoms with van der Waals surface area (Å²) in [5, 5.41) is 19.7. The predicted octanol–water partition coefficient (Wildman–Crippen LogP) is 4.01. The SMILES string of the molecule is COc1ccc([C@@H](C(=O)O)[C@@H](C)[C@H](C)[C@H](C(=O)O)c2ccc(OC)cc2)cc1. The fourth-order valence-corrected chi connectivity index (χ4v) is 3.57. The second kappa shape index (κ2) is 9.26. The molecule has 2 aromatic carbocycles. The Hall–Kier alpha value is -3.02. The van der Waals surface area contributed by atoms with Crippen LogP contribution in [0.3, 0.4) is 0 Å². The Balaban J connectivity index is 2.35. The van der Waals surface area contributed by atoms with Crippen LogP contribution in [-0.2, 0) is 9.59 Å². The summed E-state index contributed by atoms with van der Waals surface area (Å²) in [5.41, 5.74) is 1.23. The van der Waals surface area contributed by atoms with E-state index in [1.54, 1.807) is 76.6 Å². The summed E-state index contributed by atoms with van der Waals surface area (Å²) in [6.45, 7) is 3.57. The van der Waals surface area contributed by atoms with E-state index in [4.69, 9.17) is 9.47 Å². The number of hydrogen-bond acceptors (Lipinski definition) is 4. The molecule has 0 aliphatic heterocycles. The Morgan fingerprint density at radius 3 is 1.18 bits per heavy atom. The number of ether oxygens (including phenoxy) is 2. The number of rotatable bonds is 9. The standard InChI is InChI=1S/C22H26O6/c1-13(19(21(23)24)15-5-9-17(27-3)10-6-15)14(2)20(22(25)26)16-7-11-18(28-4)12-8-16/h5-14,19-20H,1-4H3,(H,23,24)(H,25,26)/t13-,14-,19-,20-/m0/s1. The van der Waals surface area contributed by atoms with Crippen LogP contribution in [0.4, 0.5) is 0 Å². The zero-order chi connectivity index (χ0) is 20.8. The molecule has 0 radical (unpaired) electrons. The van der Waals surface area contributed by atoms with Crippen molar-refractivity contribution in [2.75, 3.05) is 14.2 Å². The number of carbonyl (C=O) groups is 2. The van der Waals surface area contributed by atoms with E-state index in [-0.39, 0.29) is 0 Å². The van der Waals surface area contributed by atoms with Crippen LogP contribution in [-0.4, -0.2) is 36.4 Å². The number of methoxy groups -OCH3 is 2. The molecular formula is C22H26O6. The molecule has 0 fully saturated rings. The molecular weight excluding hydrogens is 360 g/mol. The Morgan fingerprint density at radius 1 is 0.679 bits per heavy atom. The van der Waals surface area contributed by atoms with E-state index in [0.29, 0.717) is 22.6 Å². The van der Waals surface area contributed by atoms with Gasteiger partial charge in [0.2, 0.25) is 0 Å². The van der Waals surface area contributed by atoms with Crippen LogP contribution in [0.15, 0.2) is 48.5 Å². The van der Waals surface area contributed by atoms with Gasteiger partial charge in [0.15, 0.2) is 0 Å². The summed E-state index contributed by atoms with van der Waals surface area (Å²) in [7, 11) is 3.08. The summed E-state index contributed by atoms with van der Waals surface area (Å²) >= 11 is 0. The number of hydrogen-bond donors (Lipinski definition) is 2. The lowest BCUT2D eigenvalue weighted by atomic mass is 9.72. The van der Waals surface area contributed by atoms with Crippen molar-refractivity contribution in [2.24, 2.45) is 11.8 Å². The molecule has 150 valence electrons. The maximum atomic E-state index is 12.0. The van der Waals surface area contributed by atoms with E-state index >= 15 is 0 Å². The third-order valence-electron chi connectivity index (χ3n) is 5.36. The van der Waals surface area contributed by atoms with Crippen LogP contribution >= 0.6 is 0 Å². The van der Waals surface area contributed by atoms with Crippen LogP contribution in [0.1, 0.15) is 36.8 Å². The van der Waals surface area contributed by atoms with Crippen LogP contribution in [0.5, 0.6) is 11.5 Å². The Labute approximate surface area is 164 Å². The first-order valence-electron chi connectivity index (χ1n) is 9.03. The van der Waals surface area contributed by atoms with Crippen molar-refractivity contribution >= 4 is 11.9 Å². The normalized spacial score (nSPS) is 15.1. The van der Waals surface area contributed by atoms with E-state index in [9.17, 15) is 19.8 Å². The van der Waals surface area contributed by atoms with E-state index in [2.05, 4.69) is 0 Å². The van der Waals surface area contributed by atoms with Crippen LogP contribution < -0.4 is 9.47 Å². The van der Waals surface area contributed by atoms with Gasteiger partial charge in [-0.2, -0.15) is 0 Å². The molecule has 0 amide bonds. The fraction of sp³-hybridized carbons (Fsp3) is 0.364. The highest BCUT2D eigenvalue weighted by Crippen LogP contribution is 2.39. The predicted molar refractivity (Wildman–Crippen MR) is 105 cm³/mol. The molecule has 2 aromatic rings. The van der Waals surface area contributed by atoms with E-state index in [1.165, 1.54) is 0 Å². The molecule has 2 N–H and O–H groups in total. The van der Waals surface area contributed by atoms with Gasteiger partial charge in [-0.15, -0.1) is 0 Å². The largest absolute Gasteiger partial charge is 0.497 e. The van der Waals surface area contributed by atoms with Gasteiger partial charge in [-0.25, -0.2) is 0 Å². The monoisotopic (exact) mass is 386 g/mol. The van der Waals surface area contributed by atoms with Gasteiger partial charge in [0, 0.05) is 0 Å². The van der Waals surface area contributed by atoms with Gasteiger partial charge in [-0.05, 0) is 47.2 Å². The van der Waals surface area contributed by atoms with Crippen molar-refractivity contribution in [2.45, 2.75) is 25.7 Å². The van der Waals surface area contributed by atoms with Crippen molar-refractivity contribution < 1.29 is 29.3 Å². The smallest absolute Gasteiger partial charge is 0.311 e. The quantitative estimate of drug-likeness (QED) is 0.676. The zero-order valence-corrected chi connectivity index (χ0v) is 16.5. The van der Waals surface area contributed by atoms with E-state index in [1.807, 2.05) is 0 Å². The van der Waals surface area contributed by atoms with Gasteiger partial charge in [-0.1, -0.05) is 38.1 Å². The third-order valence-corrected chi connectivity index (χ3v) is 5.36. The van der Waals surface area contributed by atoms with Gasteiger partial charge in [0.05, 0.1) is 26.1 Å².